The zero-order chi connectivity index (χ0) is 25.8. The quantitative estimate of drug-likeness (QED) is 0.357. The van der Waals surface area contributed by atoms with Gasteiger partial charge in [-0.25, -0.2) is 4.98 Å². The summed E-state index contributed by atoms with van der Waals surface area (Å²) in [5.41, 5.74) is 6.85. The third-order valence-electron chi connectivity index (χ3n) is 7.15. The summed E-state index contributed by atoms with van der Waals surface area (Å²) in [6.45, 7) is 11.2. The Labute approximate surface area is 219 Å². The molecule has 1 N–H and O–H groups in total. The molecule has 0 saturated carbocycles. The highest BCUT2D eigenvalue weighted by molar-refractivity contribution is 6.07. The molecule has 1 saturated heterocycles. The number of aryl methyl sites for hydroxylation is 2. The van der Waals surface area contributed by atoms with E-state index in [0.29, 0.717) is 18.2 Å². The highest BCUT2D eigenvalue weighted by Crippen LogP contribution is 2.26. The molecule has 4 aromatic rings. The fourth-order valence-corrected chi connectivity index (χ4v) is 5.22. The lowest BCUT2D eigenvalue weighted by Crippen LogP contribution is -2.52. The number of hydrogen-bond donors (Lipinski definition) is 1. The first-order valence-electron chi connectivity index (χ1n) is 13.1. The average molecular weight is 494 g/mol. The zero-order valence-corrected chi connectivity index (χ0v) is 21.9. The predicted octanol–water partition coefficient (Wildman–Crippen LogP) is 5.24. The number of rotatable bonds is 7. The summed E-state index contributed by atoms with van der Waals surface area (Å²) in [4.78, 5) is 27.3. The average Bonchev–Trinajstić information content (AvgIpc) is 2.91. The van der Waals surface area contributed by atoms with Gasteiger partial charge in [0.2, 0.25) is 0 Å². The SMILES string of the molecule is Cc1cccc(N2CCN(CCCNC(=O)c3cc(-c4cccnc4)nc4ccc(C)cc34)C[C@H]2C)c1. The monoisotopic (exact) mass is 493 g/mol. The van der Waals surface area contributed by atoms with E-state index in [2.05, 4.69) is 58.2 Å². The lowest BCUT2D eigenvalue weighted by molar-refractivity contribution is 0.0952. The second-order valence-electron chi connectivity index (χ2n) is 10.1. The summed E-state index contributed by atoms with van der Waals surface area (Å²) in [7, 11) is 0. The molecule has 1 atom stereocenters. The van der Waals surface area contributed by atoms with Crippen molar-refractivity contribution in [2.45, 2.75) is 33.2 Å². The van der Waals surface area contributed by atoms with Gasteiger partial charge in [0.05, 0.1) is 16.8 Å². The normalized spacial score (nSPS) is 16.2. The molecule has 1 aliphatic heterocycles. The van der Waals surface area contributed by atoms with Crippen LogP contribution in [0, 0.1) is 13.8 Å². The van der Waals surface area contributed by atoms with Crippen LogP contribution in [0.5, 0.6) is 0 Å². The maximum atomic E-state index is 13.3. The lowest BCUT2D eigenvalue weighted by atomic mass is 10.0. The lowest BCUT2D eigenvalue weighted by Gasteiger charge is -2.41. The molecule has 0 aliphatic carbocycles. The molecule has 2 aromatic heterocycles. The van der Waals surface area contributed by atoms with Gasteiger partial charge >= 0.3 is 0 Å². The van der Waals surface area contributed by atoms with Crippen LogP contribution in [0.25, 0.3) is 22.2 Å². The van der Waals surface area contributed by atoms with E-state index in [4.69, 9.17) is 4.98 Å². The van der Waals surface area contributed by atoms with Gasteiger partial charge in [-0.2, -0.15) is 0 Å². The number of piperazine rings is 1. The van der Waals surface area contributed by atoms with Crippen molar-refractivity contribution in [1.29, 1.82) is 0 Å². The van der Waals surface area contributed by atoms with Gasteiger partial charge in [0, 0.05) is 61.3 Å². The van der Waals surface area contributed by atoms with Crippen molar-refractivity contribution in [2.75, 3.05) is 37.6 Å². The van der Waals surface area contributed by atoms with Crippen molar-refractivity contribution in [3.8, 4) is 11.3 Å². The predicted molar refractivity (Wildman–Crippen MR) is 151 cm³/mol. The van der Waals surface area contributed by atoms with E-state index < -0.39 is 0 Å². The van der Waals surface area contributed by atoms with Gasteiger partial charge in [-0.15, -0.1) is 0 Å². The Kier molecular flexibility index (Phi) is 7.47. The Balaban J connectivity index is 1.20. The van der Waals surface area contributed by atoms with E-state index in [1.165, 1.54) is 11.3 Å². The van der Waals surface area contributed by atoms with Crippen molar-refractivity contribution >= 4 is 22.5 Å². The van der Waals surface area contributed by atoms with Crippen molar-refractivity contribution in [3.63, 3.8) is 0 Å². The molecule has 2 aromatic carbocycles. The van der Waals surface area contributed by atoms with E-state index in [0.717, 1.165) is 60.3 Å². The van der Waals surface area contributed by atoms with Gasteiger partial charge in [-0.3, -0.25) is 14.7 Å². The fourth-order valence-electron chi connectivity index (χ4n) is 5.22. The summed E-state index contributed by atoms with van der Waals surface area (Å²) in [6, 6.07) is 21.0. The first-order valence-corrected chi connectivity index (χ1v) is 13.1. The molecule has 1 amide bonds. The van der Waals surface area contributed by atoms with Gasteiger partial charge in [-0.05, 0) is 81.8 Å². The van der Waals surface area contributed by atoms with Gasteiger partial charge in [0.15, 0.2) is 0 Å². The standard InChI is InChI=1S/C31H35N5O/c1-22-7-4-9-26(17-22)36-16-15-35(21-24(36)3)14-6-13-33-31(37)28-19-30(25-8-5-12-32-20-25)34-29-11-10-23(2)18-27(28)29/h4-5,7-12,17-20,24H,6,13-16,21H2,1-3H3,(H,33,37)/t24-/m1/s1. The number of anilines is 1. The van der Waals surface area contributed by atoms with E-state index in [1.54, 1.807) is 12.4 Å². The summed E-state index contributed by atoms with van der Waals surface area (Å²) in [6.07, 6.45) is 4.44. The number of carbonyl (C=O) groups is 1. The number of nitrogens with zero attached hydrogens (tertiary/aromatic N) is 4. The number of pyridine rings is 2. The molecule has 6 heteroatoms. The van der Waals surface area contributed by atoms with E-state index >= 15 is 0 Å². The van der Waals surface area contributed by atoms with Crippen LogP contribution in [0.3, 0.4) is 0 Å². The first kappa shape index (κ1) is 24.9. The molecule has 190 valence electrons. The second-order valence-corrected chi connectivity index (χ2v) is 10.1. The summed E-state index contributed by atoms with van der Waals surface area (Å²) >= 11 is 0. The Bertz CT molecular complexity index is 1390. The van der Waals surface area contributed by atoms with E-state index in [9.17, 15) is 4.79 Å². The third kappa shape index (κ3) is 5.81. The smallest absolute Gasteiger partial charge is 0.252 e. The molecule has 0 radical (unpaired) electrons. The Morgan fingerprint density at radius 3 is 2.68 bits per heavy atom. The van der Waals surface area contributed by atoms with Crippen molar-refractivity contribution in [1.82, 2.24) is 20.2 Å². The summed E-state index contributed by atoms with van der Waals surface area (Å²) in [5.74, 6) is -0.0548. The van der Waals surface area contributed by atoms with Crippen molar-refractivity contribution < 1.29 is 4.79 Å². The molecule has 6 nitrogen and oxygen atoms in total. The molecule has 1 fully saturated rings. The Hall–Kier alpha value is -3.77. The Morgan fingerprint density at radius 2 is 1.89 bits per heavy atom. The molecule has 1 aliphatic rings. The fraction of sp³-hybridized carbons (Fsp3) is 0.323. The van der Waals surface area contributed by atoms with Crippen LogP contribution in [0.1, 0.15) is 34.8 Å². The van der Waals surface area contributed by atoms with Gasteiger partial charge in [-0.1, -0.05) is 23.8 Å². The number of nitrogens with one attached hydrogen (secondary N) is 1. The molecule has 0 bridgehead atoms. The number of carbonyl (C=O) groups excluding carboxylic acids is 1. The van der Waals surface area contributed by atoms with E-state index in [1.807, 2.05) is 43.3 Å². The molecule has 3 heterocycles. The highest BCUT2D eigenvalue weighted by Gasteiger charge is 2.23. The second kappa shape index (κ2) is 11.1. The molecular formula is C31H35N5O. The maximum absolute atomic E-state index is 13.3. The van der Waals surface area contributed by atoms with Crippen LogP contribution in [0.2, 0.25) is 0 Å². The van der Waals surface area contributed by atoms with Crippen LogP contribution < -0.4 is 10.2 Å². The number of benzene rings is 2. The minimum atomic E-state index is -0.0548. The van der Waals surface area contributed by atoms with Gasteiger partial charge in [0.1, 0.15) is 0 Å². The summed E-state index contributed by atoms with van der Waals surface area (Å²) < 4.78 is 0. The molecular weight excluding hydrogens is 458 g/mol. The van der Waals surface area contributed by atoms with Crippen LogP contribution in [-0.4, -0.2) is 59.5 Å². The first-order chi connectivity index (χ1) is 18.0. The number of fused-ring (bicyclic) bond motifs is 1. The molecule has 5 rings (SSSR count). The summed E-state index contributed by atoms with van der Waals surface area (Å²) in [5, 5.41) is 4.04. The van der Waals surface area contributed by atoms with Crippen LogP contribution >= 0.6 is 0 Å². The number of aromatic nitrogens is 2. The molecule has 0 spiro atoms. The number of amides is 1. The van der Waals surface area contributed by atoms with Crippen molar-refractivity contribution in [3.05, 3.63) is 89.7 Å². The highest BCUT2D eigenvalue weighted by atomic mass is 16.1. The minimum Gasteiger partial charge on any atom is -0.366 e. The minimum absolute atomic E-state index is 0.0548. The molecule has 0 unspecified atom stereocenters. The zero-order valence-electron chi connectivity index (χ0n) is 21.9. The van der Waals surface area contributed by atoms with E-state index in [-0.39, 0.29) is 5.91 Å². The number of hydrogen-bond acceptors (Lipinski definition) is 5. The third-order valence-corrected chi connectivity index (χ3v) is 7.15. The largest absolute Gasteiger partial charge is 0.366 e. The van der Waals surface area contributed by atoms with Crippen LogP contribution in [-0.2, 0) is 0 Å². The van der Waals surface area contributed by atoms with Crippen LogP contribution in [0.15, 0.2) is 73.1 Å². The van der Waals surface area contributed by atoms with Gasteiger partial charge in [0.25, 0.3) is 5.91 Å². The van der Waals surface area contributed by atoms with Crippen molar-refractivity contribution in [2.24, 2.45) is 0 Å². The van der Waals surface area contributed by atoms with Crippen LogP contribution in [0.4, 0.5) is 5.69 Å². The Morgan fingerprint density at radius 1 is 1.03 bits per heavy atom. The van der Waals surface area contributed by atoms with Gasteiger partial charge < -0.3 is 10.2 Å². The topological polar surface area (TPSA) is 61.4 Å². The molecule has 37 heavy (non-hydrogen) atoms. The maximum Gasteiger partial charge on any atom is 0.252 e.